The van der Waals surface area contributed by atoms with E-state index < -0.39 is 12.1 Å². The topological polar surface area (TPSA) is 58.6 Å². The van der Waals surface area contributed by atoms with E-state index in [2.05, 4.69) is 5.32 Å². The van der Waals surface area contributed by atoms with Crippen LogP contribution in [-0.4, -0.2) is 36.4 Å². The molecule has 2 atom stereocenters. The molecule has 1 rings (SSSR count). The van der Waals surface area contributed by atoms with Crippen LogP contribution in [0.15, 0.2) is 0 Å². The predicted octanol–water partition coefficient (Wildman–Crippen LogP) is -0.130. The highest BCUT2D eigenvalue weighted by atomic mass is 35.5. The van der Waals surface area contributed by atoms with E-state index in [1.165, 1.54) is 0 Å². The Hall–Kier alpha value is -0.320. The van der Waals surface area contributed by atoms with E-state index in [0.29, 0.717) is 13.2 Å². The summed E-state index contributed by atoms with van der Waals surface area (Å²) in [7, 11) is 0. The largest absolute Gasteiger partial charge is 0.479 e. The molecule has 1 fully saturated rings. The van der Waals surface area contributed by atoms with Crippen LogP contribution in [-0.2, 0) is 9.53 Å². The Morgan fingerprint density at radius 2 is 2.36 bits per heavy atom. The number of carbonyl (C=O) groups is 1. The van der Waals surface area contributed by atoms with E-state index in [0.717, 1.165) is 0 Å². The molecule has 2 N–H and O–H groups in total. The molecule has 1 aliphatic rings. The zero-order valence-corrected chi connectivity index (χ0v) is 7.06. The summed E-state index contributed by atoms with van der Waals surface area (Å²) in [6.07, 6.45) is -0.656. The lowest BCUT2D eigenvalue weighted by molar-refractivity contribution is -0.152. The monoisotopic (exact) mass is 181 g/mol. The van der Waals surface area contributed by atoms with Crippen LogP contribution in [0, 0.1) is 0 Å². The van der Waals surface area contributed by atoms with Crippen molar-refractivity contribution in [1.29, 1.82) is 0 Å². The van der Waals surface area contributed by atoms with Crippen LogP contribution in [0.4, 0.5) is 0 Å². The van der Waals surface area contributed by atoms with Gasteiger partial charge in [0.25, 0.3) is 0 Å². The molecule has 0 radical (unpaired) electrons. The highest BCUT2D eigenvalue weighted by molar-refractivity contribution is 5.85. The summed E-state index contributed by atoms with van der Waals surface area (Å²) >= 11 is 0. The molecule has 0 aromatic heterocycles. The maximum absolute atomic E-state index is 10.3. The lowest BCUT2D eigenvalue weighted by Gasteiger charge is -2.25. The van der Waals surface area contributed by atoms with Crippen molar-refractivity contribution >= 4 is 18.4 Å². The maximum atomic E-state index is 10.3. The Kier molecular flexibility index (Phi) is 4.40. The van der Waals surface area contributed by atoms with E-state index in [-0.39, 0.29) is 18.4 Å². The average molecular weight is 182 g/mol. The van der Waals surface area contributed by atoms with Gasteiger partial charge in [-0.2, -0.15) is 0 Å². The Balaban J connectivity index is 0.000001000. The second kappa shape index (κ2) is 4.54. The minimum atomic E-state index is -0.889. The van der Waals surface area contributed by atoms with Gasteiger partial charge in [0, 0.05) is 12.6 Å². The average Bonchev–Trinajstić information content (AvgIpc) is 1.88. The molecular formula is C6H12ClNO3. The second-order valence-corrected chi connectivity index (χ2v) is 2.47. The van der Waals surface area contributed by atoms with Gasteiger partial charge >= 0.3 is 5.97 Å². The van der Waals surface area contributed by atoms with Gasteiger partial charge in [0.05, 0.1) is 6.61 Å². The van der Waals surface area contributed by atoms with Crippen molar-refractivity contribution in [3.05, 3.63) is 0 Å². The van der Waals surface area contributed by atoms with Crippen molar-refractivity contribution < 1.29 is 14.6 Å². The first kappa shape index (κ1) is 10.7. The van der Waals surface area contributed by atoms with Crippen molar-refractivity contribution in [2.45, 2.75) is 19.1 Å². The van der Waals surface area contributed by atoms with Crippen LogP contribution in [0.2, 0.25) is 0 Å². The molecule has 0 spiro atoms. The molecule has 0 saturated carbocycles. The molecule has 66 valence electrons. The Morgan fingerprint density at radius 3 is 2.73 bits per heavy atom. The summed E-state index contributed by atoms with van der Waals surface area (Å²) < 4.78 is 4.99. The van der Waals surface area contributed by atoms with Gasteiger partial charge in [-0.25, -0.2) is 4.79 Å². The smallest absolute Gasteiger partial charge is 0.334 e. The lowest BCUT2D eigenvalue weighted by Crippen LogP contribution is -2.47. The molecule has 0 aromatic carbocycles. The zero-order chi connectivity index (χ0) is 7.56. The third-order valence-corrected chi connectivity index (χ3v) is 1.47. The van der Waals surface area contributed by atoms with E-state index in [9.17, 15) is 4.79 Å². The molecule has 5 heteroatoms. The molecule has 0 amide bonds. The molecule has 0 aliphatic carbocycles. The number of hydrogen-bond donors (Lipinski definition) is 2. The highest BCUT2D eigenvalue weighted by Gasteiger charge is 2.23. The molecular weight excluding hydrogens is 170 g/mol. The first-order chi connectivity index (χ1) is 4.70. The van der Waals surface area contributed by atoms with Crippen LogP contribution < -0.4 is 5.32 Å². The molecule has 1 unspecified atom stereocenters. The summed E-state index contributed by atoms with van der Waals surface area (Å²) in [5, 5.41) is 11.5. The molecule has 0 bridgehead atoms. The SMILES string of the molecule is C[C@H]1COC(C(=O)O)CN1.Cl. The molecule has 11 heavy (non-hydrogen) atoms. The molecule has 4 nitrogen and oxygen atoms in total. The van der Waals surface area contributed by atoms with E-state index >= 15 is 0 Å². The molecule has 1 saturated heterocycles. The number of carboxylic acid groups (broad SMARTS) is 1. The van der Waals surface area contributed by atoms with Crippen LogP contribution in [0.3, 0.4) is 0 Å². The van der Waals surface area contributed by atoms with Crippen LogP contribution in [0.25, 0.3) is 0 Å². The van der Waals surface area contributed by atoms with Crippen molar-refractivity contribution in [1.82, 2.24) is 5.32 Å². The third-order valence-electron chi connectivity index (χ3n) is 1.47. The van der Waals surface area contributed by atoms with Gasteiger partial charge in [0.2, 0.25) is 0 Å². The summed E-state index contributed by atoms with van der Waals surface area (Å²) in [5.74, 6) is -0.889. The van der Waals surface area contributed by atoms with Gasteiger partial charge in [-0.1, -0.05) is 0 Å². The van der Waals surface area contributed by atoms with Crippen molar-refractivity contribution in [2.24, 2.45) is 0 Å². The highest BCUT2D eigenvalue weighted by Crippen LogP contribution is 1.99. The molecule has 1 heterocycles. The summed E-state index contributed by atoms with van der Waals surface area (Å²) in [6.45, 7) is 2.85. The Morgan fingerprint density at radius 1 is 1.73 bits per heavy atom. The standard InChI is InChI=1S/C6H11NO3.ClH/c1-4-3-10-5(2-7-4)6(8)9;/h4-5,7H,2-3H2,1H3,(H,8,9);1H/t4-,5?;/m0./s1. The van der Waals surface area contributed by atoms with Gasteiger partial charge in [-0.3, -0.25) is 0 Å². The number of morpholine rings is 1. The van der Waals surface area contributed by atoms with Gasteiger partial charge in [0.1, 0.15) is 0 Å². The van der Waals surface area contributed by atoms with Gasteiger partial charge in [-0.05, 0) is 6.92 Å². The number of halogens is 1. The lowest BCUT2D eigenvalue weighted by atomic mass is 10.2. The third kappa shape index (κ3) is 3.05. The number of aliphatic carboxylic acids is 1. The second-order valence-electron chi connectivity index (χ2n) is 2.47. The van der Waals surface area contributed by atoms with Crippen molar-refractivity contribution in [3.8, 4) is 0 Å². The minimum Gasteiger partial charge on any atom is -0.479 e. The van der Waals surface area contributed by atoms with Crippen molar-refractivity contribution in [2.75, 3.05) is 13.2 Å². The number of rotatable bonds is 1. The predicted molar refractivity (Wildman–Crippen MR) is 42.1 cm³/mol. The van der Waals surface area contributed by atoms with Crippen LogP contribution in [0.5, 0.6) is 0 Å². The Labute approximate surface area is 71.3 Å². The van der Waals surface area contributed by atoms with Gasteiger partial charge in [0.15, 0.2) is 6.10 Å². The number of nitrogens with one attached hydrogen (secondary N) is 1. The van der Waals surface area contributed by atoms with E-state index in [4.69, 9.17) is 9.84 Å². The number of hydrogen-bond acceptors (Lipinski definition) is 3. The number of carboxylic acids is 1. The molecule has 1 aliphatic heterocycles. The fourth-order valence-electron chi connectivity index (χ4n) is 0.845. The Bertz CT molecular complexity index is 134. The first-order valence-corrected chi connectivity index (χ1v) is 3.28. The fourth-order valence-corrected chi connectivity index (χ4v) is 0.845. The zero-order valence-electron chi connectivity index (χ0n) is 6.24. The summed E-state index contributed by atoms with van der Waals surface area (Å²) in [5.41, 5.74) is 0. The van der Waals surface area contributed by atoms with Crippen LogP contribution in [0.1, 0.15) is 6.92 Å². The quantitative estimate of drug-likeness (QED) is 0.592. The van der Waals surface area contributed by atoms with Crippen LogP contribution >= 0.6 is 12.4 Å². The van der Waals surface area contributed by atoms with E-state index in [1.54, 1.807) is 0 Å². The summed E-state index contributed by atoms with van der Waals surface area (Å²) in [4.78, 5) is 10.3. The van der Waals surface area contributed by atoms with Crippen molar-refractivity contribution in [3.63, 3.8) is 0 Å². The minimum absolute atomic E-state index is 0. The van der Waals surface area contributed by atoms with E-state index in [1.807, 2.05) is 6.92 Å². The molecule has 0 aromatic rings. The van der Waals surface area contributed by atoms with Gasteiger partial charge in [-0.15, -0.1) is 12.4 Å². The maximum Gasteiger partial charge on any atom is 0.334 e. The van der Waals surface area contributed by atoms with Gasteiger partial charge < -0.3 is 15.2 Å². The number of ether oxygens (including phenoxy) is 1. The fraction of sp³-hybridized carbons (Fsp3) is 0.833. The normalized spacial score (nSPS) is 30.6. The first-order valence-electron chi connectivity index (χ1n) is 3.28. The summed E-state index contributed by atoms with van der Waals surface area (Å²) in [6, 6.07) is 0.274.